The molecule has 3 rings (SSSR count). The third-order valence-electron chi connectivity index (χ3n) is 5.45. The lowest BCUT2D eigenvalue weighted by molar-refractivity contribution is 0.125. The van der Waals surface area contributed by atoms with E-state index in [9.17, 15) is 9.90 Å². The Kier molecular flexibility index (Phi) is 6.29. The summed E-state index contributed by atoms with van der Waals surface area (Å²) in [7, 11) is 2.12. The van der Waals surface area contributed by atoms with Crippen LogP contribution in [0.15, 0.2) is 40.0 Å². The van der Waals surface area contributed by atoms with Crippen LogP contribution in [-0.4, -0.2) is 59.0 Å². The van der Waals surface area contributed by atoms with E-state index in [1.54, 1.807) is 22.4 Å². The molecule has 1 aliphatic heterocycles. The lowest BCUT2D eigenvalue weighted by atomic mass is 9.96. The van der Waals surface area contributed by atoms with Gasteiger partial charge in [0.05, 0.1) is 11.6 Å². The molecule has 146 valence electrons. The van der Waals surface area contributed by atoms with Gasteiger partial charge in [-0.1, -0.05) is 12.1 Å². The fraction of sp³-hybridized carbons (Fsp3) is 0.476. The number of likely N-dealkylation sites (N-methyl/N-ethyl adjacent to an activating group) is 1. The van der Waals surface area contributed by atoms with Crippen molar-refractivity contribution in [1.82, 2.24) is 14.4 Å². The number of hydrogen-bond donors (Lipinski definition) is 1. The first-order valence-corrected chi connectivity index (χ1v) is 10.7. The lowest BCUT2D eigenvalue weighted by Crippen LogP contribution is -2.47. The molecule has 1 unspecified atom stereocenters. The van der Waals surface area contributed by atoms with Crippen molar-refractivity contribution in [2.75, 3.05) is 39.5 Å². The molecule has 1 aromatic heterocycles. The normalized spacial score (nSPS) is 17.2. The zero-order valence-electron chi connectivity index (χ0n) is 16.6. The third kappa shape index (κ3) is 4.08. The van der Waals surface area contributed by atoms with Crippen molar-refractivity contribution in [1.29, 1.82) is 0 Å². The van der Waals surface area contributed by atoms with Crippen LogP contribution < -0.4 is 5.56 Å². The van der Waals surface area contributed by atoms with Crippen LogP contribution in [0.25, 0.3) is 0 Å². The van der Waals surface area contributed by atoms with Gasteiger partial charge in [-0.15, -0.1) is 11.8 Å². The molecule has 2 aromatic rings. The summed E-state index contributed by atoms with van der Waals surface area (Å²) in [6, 6.07) is 9.84. The Morgan fingerprint density at radius 1 is 1.15 bits per heavy atom. The molecule has 0 aliphatic carbocycles. The monoisotopic (exact) mass is 387 g/mol. The number of rotatable bonds is 5. The van der Waals surface area contributed by atoms with Gasteiger partial charge in [0.2, 0.25) is 0 Å². The van der Waals surface area contributed by atoms with E-state index >= 15 is 0 Å². The average molecular weight is 388 g/mol. The second-order valence-corrected chi connectivity index (χ2v) is 8.03. The Balaban J connectivity index is 2.14. The minimum Gasteiger partial charge on any atom is -0.507 e. The van der Waals surface area contributed by atoms with Crippen molar-refractivity contribution in [3.63, 3.8) is 0 Å². The molecule has 1 aromatic carbocycles. The van der Waals surface area contributed by atoms with Crippen LogP contribution in [0.5, 0.6) is 5.75 Å². The number of aromatic nitrogens is 1. The molecule has 1 aliphatic rings. The number of nitrogens with zero attached hydrogens (tertiary/aromatic N) is 3. The minimum atomic E-state index is -0.236. The first kappa shape index (κ1) is 20.0. The van der Waals surface area contributed by atoms with Crippen molar-refractivity contribution in [2.45, 2.75) is 31.3 Å². The quantitative estimate of drug-likeness (QED) is 0.800. The predicted octanol–water partition coefficient (Wildman–Crippen LogP) is 2.94. The van der Waals surface area contributed by atoms with Gasteiger partial charge < -0.3 is 14.6 Å². The van der Waals surface area contributed by atoms with E-state index in [-0.39, 0.29) is 17.4 Å². The Bertz CT molecular complexity index is 840. The van der Waals surface area contributed by atoms with E-state index in [4.69, 9.17) is 0 Å². The summed E-state index contributed by atoms with van der Waals surface area (Å²) in [5, 5.41) is 10.8. The Morgan fingerprint density at radius 2 is 1.78 bits per heavy atom. The SMILES string of the molecule is CCn1c(C)cc(O)c(C(c2ccc(SC)cc2)N2CCN(C)CC2)c1=O. The smallest absolute Gasteiger partial charge is 0.259 e. The van der Waals surface area contributed by atoms with E-state index in [1.807, 2.05) is 13.8 Å². The molecule has 0 saturated carbocycles. The topological polar surface area (TPSA) is 48.7 Å². The summed E-state index contributed by atoms with van der Waals surface area (Å²) in [6.07, 6.45) is 2.05. The molecule has 27 heavy (non-hydrogen) atoms. The molecular weight excluding hydrogens is 358 g/mol. The maximum absolute atomic E-state index is 13.2. The molecule has 1 saturated heterocycles. The Morgan fingerprint density at radius 3 is 2.33 bits per heavy atom. The molecule has 6 heteroatoms. The summed E-state index contributed by atoms with van der Waals surface area (Å²) in [5.41, 5.74) is 2.24. The summed E-state index contributed by atoms with van der Waals surface area (Å²) >= 11 is 1.70. The number of aromatic hydroxyl groups is 1. The van der Waals surface area contributed by atoms with E-state index in [1.165, 1.54) is 4.90 Å². The van der Waals surface area contributed by atoms with Crippen LogP contribution in [0.4, 0.5) is 0 Å². The van der Waals surface area contributed by atoms with Crippen molar-refractivity contribution in [3.8, 4) is 5.75 Å². The summed E-state index contributed by atoms with van der Waals surface area (Å²) in [5.74, 6) is 0.0973. The second kappa shape index (κ2) is 8.50. The first-order valence-electron chi connectivity index (χ1n) is 9.46. The van der Waals surface area contributed by atoms with Gasteiger partial charge >= 0.3 is 0 Å². The standard InChI is InChI=1S/C21H29N3O2S/c1-5-24-15(2)14-18(25)19(21(24)26)20(23-12-10-22(3)11-13-23)16-6-8-17(27-4)9-7-16/h6-9,14,20,25H,5,10-13H2,1-4H3. The van der Waals surface area contributed by atoms with Crippen molar-refractivity contribution in [2.24, 2.45) is 0 Å². The van der Waals surface area contributed by atoms with E-state index in [2.05, 4.69) is 47.4 Å². The number of thioether (sulfide) groups is 1. The number of aryl methyl sites for hydroxylation is 1. The molecule has 0 radical (unpaired) electrons. The number of piperazine rings is 1. The van der Waals surface area contributed by atoms with E-state index < -0.39 is 0 Å². The van der Waals surface area contributed by atoms with Crippen LogP contribution in [0, 0.1) is 6.92 Å². The van der Waals surface area contributed by atoms with Gasteiger partial charge in [-0.3, -0.25) is 9.69 Å². The van der Waals surface area contributed by atoms with Crippen molar-refractivity contribution < 1.29 is 5.11 Å². The van der Waals surface area contributed by atoms with Gasteiger partial charge in [0.25, 0.3) is 5.56 Å². The molecular formula is C21H29N3O2S. The number of pyridine rings is 1. The van der Waals surface area contributed by atoms with E-state index in [0.717, 1.165) is 37.4 Å². The maximum atomic E-state index is 13.2. The predicted molar refractivity (Wildman–Crippen MR) is 112 cm³/mol. The molecule has 5 nitrogen and oxygen atoms in total. The summed E-state index contributed by atoms with van der Waals surface area (Å²) < 4.78 is 1.74. The third-order valence-corrected chi connectivity index (χ3v) is 6.19. The highest BCUT2D eigenvalue weighted by Gasteiger charge is 2.30. The van der Waals surface area contributed by atoms with Crippen LogP contribution in [-0.2, 0) is 6.54 Å². The largest absolute Gasteiger partial charge is 0.507 e. The van der Waals surface area contributed by atoms with Gasteiger partial charge in [0, 0.05) is 43.3 Å². The number of benzene rings is 1. The van der Waals surface area contributed by atoms with Crippen LogP contribution >= 0.6 is 11.8 Å². The van der Waals surface area contributed by atoms with Gasteiger partial charge in [-0.05, 0) is 50.9 Å². The molecule has 0 spiro atoms. The first-order chi connectivity index (χ1) is 13.0. The van der Waals surface area contributed by atoms with Gasteiger partial charge in [0.15, 0.2) is 0 Å². The van der Waals surface area contributed by atoms with Crippen molar-refractivity contribution in [3.05, 3.63) is 57.5 Å². The summed E-state index contributed by atoms with van der Waals surface area (Å²) in [4.78, 5) is 19.1. The second-order valence-electron chi connectivity index (χ2n) is 7.15. The number of hydrogen-bond acceptors (Lipinski definition) is 5. The highest BCUT2D eigenvalue weighted by Crippen LogP contribution is 2.34. The molecule has 1 N–H and O–H groups in total. The lowest BCUT2D eigenvalue weighted by Gasteiger charge is -2.38. The summed E-state index contributed by atoms with van der Waals surface area (Å²) in [6.45, 7) is 8.06. The van der Waals surface area contributed by atoms with Gasteiger partial charge in [0.1, 0.15) is 5.75 Å². The molecule has 1 fully saturated rings. The zero-order chi connectivity index (χ0) is 19.6. The van der Waals surface area contributed by atoms with E-state index in [0.29, 0.717) is 12.1 Å². The highest BCUT2D eigenvalue weighted by molar-refractivity contribution is 7.98. The fourth-order valence-electron chi connectivity index (χ4n) is 3.85. The van der Waals surface area contributed by atoms with Gasteiger partial charge in [-0.25, -0.2) is 0 Å². The molecule has 0 bridgehead atoms. The average Bonchev–Trinajstić information content (AvgIpc) is 2.66. The fourth-order valence-corrected chi connectivity index (χ4v) is 4.25. The minimum absolute atomic E-state index is 0.0899. The van der Waals surface area contributed by atoms with Crippen molar-refractivity contribution >= 4 is 11.8 Å². The zero-order valence-corrected chi connectivity index (χ0v) is 17.4. The molecule has 2 heterocycles. The molecule has 1 atom stereocenters. The van der Waals surface area contributed by atoms with Gasteiger partial charge in [-0.2, -0.15) is 0 Å². The molecule has 0 amide bonds. The van der Waals surface area contributed by atoms with Crippen LogP contribution in [0.1, 0.15) is 29.8 Å². The maximum Gasteiger partial charge on any atom is 0.259 e. The Labute approximate surface area is 165 Å². The van der Waals surface area contributed by atoms with Crippen LogP contribution in [0.3, 0.4) is 0 Å². The van der Waals surface area contributed by atoms with Crippen LogP contribution in [0.2, 0.25) is 0 Å². The Hall–Kier alpha value is -1.76. The highest BCUT2D eigenvalue weighted by atomic mass is 32.2.